The largest absolute Gasteiger partial charge is 0.465 e. The van der Waals surface area contributed by atoms with Crippen LogP contribution in [-0.2, 0) is 32.0 Å². The van der Waals surface area contributed by atoms with Gasteiger partial charge in [-0.25, -0.2) is 19.6 Å². The molecule has 0 unspecified atom stereocenters. The van der Waals surface area contributed by atoms with Crippen LogP contribution in [0.3, 0.4) is 0 Å². The molecule has 0 saturated carbocycles. The van der Waals surface area contributed by atoms with E-state index in [1.54, 1.807) is 53.6 Å². The average molecular weight is 665 g/mol. The number of benzene rings is 3. The van der Waals surface area contributed by atoms with E-state index in [0.717, 1.165) is 28.2 Å². The van der Waals surface area contributed by atoms with Crippen LogP contribution < -0.4 is 14.7 Å². The number of amides is 2. The van der Waals surface area contributed by atoms with Gasteiger partial charge in [0, 0.05) is 4.88 Å². The molecule has 0 radical (unpaired) electrons. The summed E-state index contributed by atoms with van der Waals surface area (Å²) in [5.74, 6) is -2.17. The Balaban J connectivity index is 1.24. The van der Waals surface area contributed by atoms with Gasteiger partial charge in [0.05, 0.1) is 30.0 Å². The van der Waals surface area contributed by atoms with Crippen molar-refractivity contribution in [2.75, 3.05) is 17.1 Å². The molecule has 4 aromatic rings. The maximum absolute atomic E-state index is 14.5. The number of carbonyl (C=O) groups is 4. The SMILES string of the molecule is COC(=O)c1c(N2C(=O)[C@@H]3[C@@H](c4ccc(OC(=O)c5ccccc5)cc4)N(c4ccccc4)O[C@H]3C2=O)sc2c1CC[C@H](C(C)(C)C)C2. The van der Waals surface area contributed by atoms with Crippen LogP contribution in [0.25, 0.3) is 0 Å². The first-order valence-corrected chi connectivity index (χ1v) is 16.9. The van der Waals surface area contributed by atoms with Gasteiger partial charge in [-0.15, -0.1) is 11.3 Å². The smallest absolute Gasteiger partial charge is 0.343 e. The van der Waals surface area contributed by atoms with Crippen molar-refractivity contribution in [2.45, 2.75) is 52.2 Å². The maximum Gasteiger partial charge on any atom is 0.343 e. The maximum atomic E-state index is 14.5. The van der Waals surface area contributed by atoms with Crippen LogP contribution in [0.4, 0.5) is 10.7 Å². The van der Waals surface area contributed by atoms with Crippen LogP contribution in [0, 0.1) is 17.3 Å². The van der Waals surface area contributed by atoms with Gasteiger partial charge in [-0.3, -0.25) is 14.4 Å². The van der Waals surface area contributed by atoms with Crippen LogP contribution in [0.15, 0.2) is 84.9 Å². The molecule has 9 nitrogen and oxygen atoms in total. The van der Waals surface area contributed by atoms with E-state index in [2.05, 4.69) is 20.8 Å². The Morgan fingerprint density at radius 2 is 1.54 bits per heavy atom. The molecule has 0 bridgehead atoms. The van der Waals surface area contributed by atoms with E-state index in [1.165, 1.54) is 18.4 Å². The Labute approximate surface area is 283 Å². The zero-order chi connectivity index (χ0) is 33.7. The first-order chi connectivity index (χ1) is 23.1. The molecule has 2 aliphatic heterocycles. The summed E-state index contributed by atoms with van der Waals surface area (Å²) in [7, 11) is 1.32. The summed E-state index contributed by atoms with van der Waals surface area (Å²) in [5, 5.41) is 1.92. The summed E-state index contributed by atoms with van der Waals surface area (Å²) >= 11 is 1.33. The fourth-order valence-electron chi connectivity index (χ4n) is 7.01. The van der Waals surface area contributed by atoms with E-state index in [9.17, 15) is 19.2 Å². The number of esters is 2. The zero-order valence-electron chi connectivity index (χ0n) is 27.2. The topological polar surface area (TPSA) is 102 Å². The molecule has 246 valence electrons. The van der Waals surface area contributed by atoms with Gasteiger partial charge in [-0.05, 0) is 78.1 Å². The highest BCUT2D eigenvalue weighted by atomic mass is 32.1. The van der Waals surface area contributed by atoms with Gasteiger partial charge in [0.15, 0.2) is 6.10 Å². The van der Waals surface area contributed by atoms with Gasteiger partial charge in [0.2, 0.25) is 5.91 Å². The normalized spacial score (nSPS) is 22.0. The Kier molecular flexibility index (Phi) is 8.17. The second-order valence-electron chi connectivity index (χ2n) is 13.5. The van der Waals surface area contributed by atoms with Crippen molar-refractivity contribution >= 4 is 45.8 Å². The predicted molar refractivity (Wildman–Crippen MR) is 181 cm³/mol. The van der Waals surface area contributed by atoms with Crippen molar-refractivity contribution in [3.8, 4) is 5.75 Å². The van der Waals surface area contributed by atoms with Crippen LogP contribution in [-0.4, -0.2) is 37.0 Å². The third-order valence-corrected chi connectivity index (χ3v) is 10.9. The Hall–Kier alpha value is -4.80. The molecule has 2 amide bonds. The number of ether oxygens (including phenoxy) is 2. The van der Waals surface area contributed by atoms with Crippen molar-refractivity contribution in [3.05, 3.63) is 112 Å². The van der Waals surface area contributed by atoms with Gasteiger partial charge >= 0.3 is 11.9 Å². The number of hydroxylamine groups is 1. The summed E-state index contributed by atoms with van der Waals surface area (Å²) < 4.78 is 10.8. The molecule has 2 fully saturated rings. The van der Waals surface area contributed by atoms with Crippen LogP contribution in [0.2, 0.25) is 0 Å². The fourth-order valence-corrected chi connectivity index (χ4v) is 8.43. The first kappa shape index (κ1) is 31.8. The van der Waals surface area contributed by atoms with Crippen LogP contribution in [0.5, 0.6) is 5.75 Å². The van der Waals surface area contributed by atoms with E-state index in [1.807, 2.05) is 36.4 Å². The van der Waals surface area contributed by atoms with Crippen molar-refractivity contribution in [3.63, 3.8) is 0 Å². The number of nitrogens with zero attached hydrogens (tertiary/aromatic N) is 2. The molecule has 7 rings (SSSR count). The molecule has 4 atom stereocenters. The van der Waals surface area contributed by atoms with Crippen molar-refractivity contribution in [2.24, 2.45) is 17.3 Å². The van der Waals surface area contributed by atoms with Gasteiger partial charge in [-0.2, -0.15) is 0 Å². The van der Waals surface area contributed by atoms with Crippen LogP contribution >= 0.6 is 11.3 Å². The molecule has 0 spiro atoms. The highest BCUT2D eigenvalue weighted by molar-refractivity contribution is 7.17. The van der Waals surface area contributed by atoms with Crippen LogP contribution in [0.1, 0.15) is 70.0 Å². The highest BCUT2D eigenvalue weighted by Crippen LogP contribution is 2.51. The molecular weight excluding hydrogens is 628 g/mol. The lowest BCUT2D eigenvalue weighted by Crippen LogP contribution is -2.37. The molecule has 1 aliphatic carbocycles. The molecular formula is C38H36N2O7S. The summed E-state index contributed by atoms with van der Waals surface area (Å²) in [5.41, 5.74) is 3.03. The number of fused-ring (bicyclic) bond motifs is 2. The minimum atomic E-state index is -1.11. The summed E-state index contributed by atoms with van der Waals surface area (Å²) in [6.07, 6.45) is 1.23. The molecule has 3 aromatic carbocycles. The number of anilines is 2. The Bertz CT molecular complexity index is 1880. The lowest BCUT2D eigenvalue weighted by Gasteiger charge is -2.33. The van der Waals surface area contributed by atoms with Crippen molar-refractivity contribution in [1.29, 1.82) is 0 Å². The van der Waals surface area contributed by atoms with E-state index in [-0.39, 0.29) is 5.41 Å². The van der Waals surface area contributed by atoms with E-state index in [4.69, 9.17) is 14.3 Å². The van der Waals surface area contributed by atoms with Crippen molar-refractivity contribution < 1.29 is 33.5 Å². The summed E-state index contributed by atoms with van der Waals surface area (Å²) in [6.45, 7) is 6.63. The van der Waals surface area contributed by atoms with E-state index < -0.39 is 41.8 Å². The molecule has 0 N–H and O–H groups in total. The molecule has 2 saturated heterocycles. The molecule has 3 aliphatic rings. The standard InChI is InChI=1S/C38H36N2O7S/c1-38(2,3)24-17-20-27-28(21-24)48-35(29(27)37(44)45-4)39-33(41)30-31(40(47-32(30)34(39)42)25-13-9-6-10-14-25)22-15-18-26(19-16-22)46-36(43)23-11-7-5-8-12-23/h5-16,18-19,24,30-32H,17,20-21H2,1-4H3/t24-,30+,31+,32+/m0/s1. The zero-order valence-corrected chi connectivity index (χ0v) is 28.0. The third-order valence-electron chi connectivity index (χ3n) is 9.63. The fraction of sp³-hybridized carbons (Fsp3) is 0.316. The number of methoxy groups -OCH3 is 1. The van der Waals surface area contributed by atoms with Gasteiger partial charge in [0.1, 0.15) is 16.7 Å². The van der Waals surface area contributed by atoms with E-state index >= 15 is 0 Å². The number of rotatable bonds is 6. The number of hydrogen-bond acceptors (Lipinski definition) is 9. The lowest BCUT2D eigenvalue weighted by atomic mass is 9.72. The monoisotopic (exact) mass is 664 g/mol. The number of hydrogen-bond donors (Lipinski definition) is 0. The Morgan fingerprint density at radius 3 is 2.19 bits per heavy atom. The molecule has 10 heteroatoms. The summed E-state index contributed by atoms with van der Waals surface area (Å²) in [4.78, 5) is 63.1. The second-order valence-corrected chi connectivity index (χ2v) is 14.6. The molecule has 3 heterocycles. The number of para-hydroxylation sites is 1. The van der Waals surface area contributed by atoms with Gasteiger partial charge in [0.25, 0.3) is 5.91 Å². The number of thiophene rings is 1. The summed E-state index contributed by atoms with van der Waals surface area (Å²) in [6, 6.07) is 24.2. The van der Waals surface area contributed by atoms with Gasteiger partial charge < -0.3 is 9.47 Å². The Morgan fingerprint density at radius 1 is 0.875 bits per heavy atom. The average Bonchev–Trinajstić information content (AvgIpc) is 3.74. The predicted octanol–water partition coefficient (Wildman–Crippen LogP) is 6.96. The number of carbonyl (C=O) groups excluding carboxylic acids is 4. The first-order valence-electron chi connectivity index (χ1n) is 16.1. The lowest BCUT2D eigenvalue weighted by molar-refractivity contribution is -0.126. The second kappa shape index (κ2) is 12.3. The molecule has 48 heavy (non-hydrogen) atoms. The number of imide groups is 1. The third kappa shape index (κ3) is 5.48. The van der Waals surface area contributed by atoms with Gasteiger partial charge in [-0.1, -0.05) is 69.3 Å². The minimum Gasteiger partial charge on any atom is -0.465 e. The highest BCUT2D eigenvalue weighted by Gasteiger charge is 2.61. The van der Waals surface area contributed by atoms with E-state index in [0.29, 0.717) is 45.5 Å². The quantitative estimate of drug-likeness (QED) is 0.124. The molecule has 1 aromatic heterocycles. The minimum absolute atomic E-state index is 0.0704. The van der Waals surface area contributed by atoms with Crippen molar-refractivity contribution in [1.82, 2.24) is 0 Å².